The normalized spacial score (nSPS) is 10.1. The lowest BCUT2D eigenvalue weighted by Gasteiger charge is -2.25. The maximum Gasteiger partial charge on any atom is 0.263 e. The molecule has 2 N–H and O–H groups in total. The number of nitrogens with two attached hydrogens (primary N) is 1. The van der Waals surface area contributed by atoms with Crippen molar-refractivity contribution in [1.82, 2.24) is 4.90 Å². The third-order valence-electron chi connectivity index (χ3n) is 2.94. The molecule has 18 heavy (non-hydrogen) atoms. The molecule has 0 radical (unpaired) electrons. The van der Waals surface area contributed by atoms with Crippen LogP contribution in [0.2, 0.25) is 0 Å². The van der Waals surface area contributed by atoms with Crippen LogP contribution in [0.1, 0.15) is 41.2 Å². The third kappa shape index (κ3) is 3.59. The first-order chi connectivity index (χ1) is 8.63. The van der Waals surface area contributed by atoms with Gasteiger partial charge in [-0.05, 0) is 25.0 Å². The van der Waals surface area contributed by atoms with E-state index in [0.717, 1.165) is 22.6 Å². The molecule has 1 aromatic heterocycles. The van der Waals surface area contributed by atoms with Crippen LogP contribution in [-0.2, 0) is 0 Å². The van der Waals surface area contributed by atoms with E-state index < -0.39 is 0 Å². The third-order valence-corrected chi connectivity index (χ3v) is 3.93. The predicted octanol–water partition coefficient (Wildman–Crippen LogP) is 2.32. The van der Waals surface area contributed by atoms with Crippen molar-refractivity contribution in [2.75, 3.05) is 13.6 Å². The zero-order chi connectivity index (χ0) is 13.5. The van der Waals surface area contributed by atoms with E-state index in [1.807, 2.05) is 24.1 Å². The van der Waals surface area contributed by atoms with Crippen LogP contribution in [-0.4, -0.2) is 30.4 Å². The van der Waals surface area contributed by atoms with E-state index in [0.29, 0.717) is 12.6 Å². The topological polar surface area (TPSA) is 46.3 Å². The summed E-state index contributed by atoms with van der Waals surface area (Å²) in [6, 6.07) is 4.02. The molecule has 0 atom stereocenters. The number of carbonyl (C=O) groups excluding carboxylic acids is 1. The van der Waals surface area contributed by atoms with Gasteiger partial charge in [0.1, 0.15) is 0 Å². The lowest BCUT2D eigenvalue weighted by molar-refractivity contribution is 0.0728. The highest BCUT2D eigenvalue weighted by Crippen LogP contribution is 2.19. The molecule has 0 aliphatic rings. The average molecular weight is 264 g/mol. The second-order valence-electron chi connectivity index (χ2n) is 4.06. The fourth-order valence-electron chi connectivity index (χ4n) is 1.83. The molecule has 0 spiro atoms. The highest BCUT2D eigenvalue weighted by molar-refractivity contribution is 7.14. The Kier molecular flexibility index (Phi) is 5.90. The summed E-state index contributed by atoms with van der Waals surface area (Å²) in [5, 5.41) is 0. The minimum atomic E-state index is 0.0782. The monoisotopic (exact) mass is 264 g/mol. The maximum atomic E-state index is 12.3. The quantitative estimate of drug-likeness (QED) is 0.848. The van der Waals surface area contributed by atoms with Crippen LogP contribution in [0.25, 0.3) is 0 Å². The Labute approximate surface area is 113 Å². The average Bonchev–Trinajstić information content (AvgIpc) is 2.85. The molecular formula is C14H20N2OS. The zero-order valence-electron chi connectivity index (χ0n) is 11.2. The molecule has 1 aromatic rings. The maximum absolute atomic E-state index is 12.3. The number of hydrogen-bond acceptors (Lipinski definition) is 3. The summed E-state index contributed by atoms with van der Waals surface area (Å²) in [5.41, 5.74) is 5.32. The molecule has 0 aliphatic heterocycles. The van der Waals surface area contributed by atoms with E-state index in [-0.39, 0.29) is 5.91 Å². The largest absolute Gasteiger partial charge is 0.338 e. The van der Waals surface area contributed by atoms with Crippen LogP contribution in [0, 0.1) is 11.8 Å². The molecule has 98 valence electrons. The molecule has 0 bridgehead atoms. The Hall–Kier alpha value is -1.31. The van der Waals surface area contributed by atoms with Gasteiger partial charge in [-0.25, -0.2) is 0 Å². The summed E-state index contributed by atoms with van der Waals surface area (Å²) < 4.78 is 0. The van der Waals surface area contributed by atoms with Crippen molar-refractivity contribution in [2.45, 2.75) is 32.7 Å². The lowest BCUT2D eigenvalue weighted by Crippen LogP contribution is -2.35. The van der Waals surface area contributed by atoms with Gasteiger partial charge in [-0.2, -0.15) is 0 Å². The van der Waals surface area contributed by atoms with Crippen molar-refractivity contribution in [3.05, 3.63) is 21.9 Å². The van der Waals surface area contributed by atoms with Crippen LogP contribution >= 0.6 is 11.3 Å². The molecule has 0 unspecified atom stereocenters. The van der Waals surface area contributed by atoms with Gasteiger partial charge < -0.3 is 10.6 Å². The van der Waals surface area contributed by atoms with Crippen molar-refractivity contribution < 1.29 is 4.79 Å². The second-order valence-corrected chi connectivity index (χ2v) is 5.14. The van der Waals surface area contributed by atoms with Crippen LogP contribution in [0.5, 0.6) is 0 Å². The minimum Gasteiger partial charge on any atom is -0.338 e. The first kappa shape index (κ1) is 14.7. The van der Waals surface area contributed by atoms with Crippen molar-refractivity contribution in [3.8, 4) is 11.8 Å². The first-order valence-electron chi connectivity index (χ1n) is 6.19. The van der Waals surface area contributed by atoms with Gasteiger partial charge in [-0.3, -0.25) is 4.79 Å². The molecule has 0 fully saturated rings. The van der Waals surface area contributed by atoms with Gasteiger partial charge in [-0.15, -0.1) is 11.3 Å². The molecule has 0 saturated carbocycles. The highest BCUT2D eigenvalue weighted by atomic mass is 32.1. The second kappa shape index (κ2) is 7.20. The SMILES string of the molecule is CCC(CC)N(C)C(=O)c1ccc(C#CCN)s1. The lowest BCUT2D eigenvalue weighted by atomic mass is 10.1. The van der Waals surface area contributed by atoms with Gasteiger partial charge in [0.15, 0.2) is 0 Å². The molecule has 1 heterocycles. The highest BCUT2D eigenvalue weighted by Gasteiger charge is 2.19. The van der Waals surface area contributed by atoms with Gasteiger partial charge in [0.05, 0.1) is 16.3 Å². The molecule has 4 heteroatoms. The van der Waals surface area contributed by atoms with Crippen LogP contribution in [0.4, 0.5) is 0 Å². The summed E-state index contributed by atoms with van der Waals surface area (Å²) in [4.78, 5) is 15.7. The predicted molar refractivity (Wildman–Crippen MR) is 76.7 cm³/mol. The van der Waals surface area contributed by atoms with Crippen LogP contribution in [0.3, 0.4) is 0 Å². The molecule has 0 saturated heterocycles. The number of carbonyl (C=O) groups is 1. The van der Waals surface area contributed by atoms with E-state index in [1.54, 1.807) is 0 Å². The van der Waals surface area contributed by atoms with Crippen molar-refractivity contribution >= 4 is 17.2 Å². The summed E-state index contributed by atoms with van der Waals surface area (Å²) >= 11 is 1.43. The van der Waals surface area contributed by atoms with Crippen molar-refractivity contribution in [2.24, 2.45) is 5.73 Å². The van der Waals surface area contributed by atoms with Crippen LogP contribution < -0.4 is 5.73 Å². The number of hydrogen-bond donors (Lipinski definition) is 1. The Morgan fingerprint density at radius 3 is 2.67 bits per heavy atom. The Balaban J connectivity index is 2.81. The molecule has 1 amide bonds. The number of amides is 1. The van der Waals surface area contributed by atoms with Gasteiger partial charge in [0.25, 0.3) is 5.91 Å². The molecule has 0 aliphatic carbocycles. The van der Waals surface area contributed by atoms with Crippen LogP contribution in [0.15, 0.2) is 12.1 Å². The van der Waals surface area contributed by atoms with Gasteiger partial charge >= 0.3 is 0 Å². The Morgan fingerprint density at radius 1 is 1.44 bits per heavy atom. The van der Waals surface area contributed by atoms with Crippen molar-refractivity contribution in [3.63, 3.8) is 0 Å². The fraction of sp³-hybridized carbons (Fsp3) is 0.500. The summed E-state index contributed by atoms with van der Waals surface area (Å²) in [5.74, 6) is 5.82. The smallest absolute Gasteiger partial charge is 0.263 e. The molecule has 1 rings (SSSR count). The fourth-order valence-corrected chi connectivity index (χ4v) is 2.70. The zero-order valence-corrected chi connectivity index (χ0v) is 12.0. The van der Waals surface area contributed by atoms with E-state index in [9.17, 15) is 4.79 Å². The Bertz CT molecular complexity index is 452. The first-order valence-corrected chi connectivity index (χ1v) is 7.01. The van der Waals surface area contributed by atoms with E-state index in [1.165, 1.54) is 11.3 Å². The summed E-state index contributed by atoms with van der Waals surface area (Å²) in [6.07, 6.45) is 1.95. The number of nitrogens with zero attached hydrogens (tertiary/aromatic N) is 1. The van der Waals surface area contributed by atoms with Gasteiger partial charge in [0.2, 0.25) is 0 Å². The van der Waals surface area contributed by atoms with Gasteiger partial charge in [0, 0.05) is 13.1 Å². The molecule has 0 aromatic carbocycles. The molecule has 3 nitrogen and oxygen atoms in total. The van der Waals surface area contributed by atoms with E-state index >= 15 is 0 Å². The number of thiophene rings is 1. The van der Waals surface area contributed by atoms with E-state index in [4.69, 9.17) is 5.73 Å². The van der Waals surface area contributed by atoms with Crippen molar-refractivity contribution in [1.29, 1.82) is 0 Å². The summed E-state index contributed by atoms with van der Waals surface area (Å²) in [7, 11) is 1.87. The van der Waals surface area contributed by atoms with E-state index in [2.05, 4.69) is 25.7 Å². The summed E-state index contributed by atoms with van der Waals surface area (Å²) in [6.45, 7) is 4.55. The molecular weight excluding hydrogens is 244 g/mol. The number of rotatable bonds is 4. The standard InChI is InChI=1S/C14H20N2OS/c1-4-11(5-2)16(3)14(17)13-9-8-12(18-13)7-6-10-15/h8-9,11H,4-5,10,15H2,1-3H3. The Morgan fingerprint density at radius 2 is 2.11 bits per heavy atom. The minimum absolute atomic E-state index is 0.0782. The van der Waals surface area contributed by atoms with Gasteiger partial charge in [-0.1, -0.05) is 25.7 Å².